The van der Waals surface area contributed by atoms with E-state index < -0.39 is 10.0 Å². The van der Waals surface area contributed by atoms with Gasteiger partial charge in [-0.15, -0.1) is 0 Å². The van der Waals surface area contributed by atoms with Gasteiger partial charge in [-0.3, -0.25) is 9.69 Å². The number of piperazine rings is 1. The van der Waals surface area contributed by atoms with Crippen molar-refractivity contribution in [2.45, 2.75) is 11.8 Å². The third-order valence-electron chi connectivity index (χ3n) is 4.73. The van der Waals surface area contributed by atoms with Crippen molar-refractivity contribution in [2.24, 2.45) is 5.10 Å². The average Bonchev–Trinajstić information content (AvgIpc) is 2.72. The van der Waals surface area contributed by atoms with Crippen molar-refractivity contribution >= 4 is 45.3 Å². The molecule has 1 aliphatic rings. The number of nitrogens with zero attached hydrogens (tertiary/aromatic N) is 3. The van der Waals surface area contributed by atoms with E-state index in [0.29, 0.717) is 41.8 Å². The molecule has 0 radical (unpaired) electrons. The van der Waals surface area contributed by atoms with Crippen LogP contribution in [0.4, 0.5) is 0 Å². The number of carbonyl (C=O) groups is 1. The molecule has 0 saturated carbocycles. The van der Waals surface area contributed by atoms with Crippen molar-refractivity contribution in [1.29, 1.82) is 0 Å². The maximum atomic E-state index is 12.7. The molecule has 160 valence electrons. The van der Waals surface area contributed by atoms with E-state index in [-0.39, 0.29) is 17.3 Å². The van der Waals surface area contributed by atoms with Gasteiger partial charge in [-0.25, -0.2) is 13.8 Å². The van der Waals surface area contributed by atoms with E-state index in [1.807, 2.05) is 11.8 Å². The van der Waals surface area contributed by atoms with Crippen LogP contribution in [0.1, 0.15) is 11.1 Å². The highest BCUT2D eigenvalue weighted by Crippen LogP contribution is 2.24. The Balaban J connectivity index is 1.49. The molecule has 1 amide bonds. The van der Waals surface area contributed by atoms with Crippen LogP contribution in [-0.4, -0.2) is 62.5 Å². The lowest BCUT2D eigenvalue weighted by Gasteiger charge is -2.33. The molecule has 2 aromatic carbocycles. The Morgan fingerprint density at radius 2 is 1.77 bits per heavy atom. The lowest BCUT2D eigenvalue weighted by atomic mass is 10.2. The number of hydrogen-bond donors (Lipinski definition) is 1. The number of sulfonamides is 1. The molecule has 0 atom stereocenters. The minimum atomic E-state index is -3.52. The van der Waals surface area contributed by atoms with E-state index in [9.17, 15) is 13.2 Å². The Morgan fingerprint density at radius 1 is 1.10 bits per heavy atom. The van der Waals surface area contributed by atoms with Crippen LogP contribution in [0.25, 0.3) is 0 Å². The molecule has 1 fully saturated rings. The van der Waals surface area contributed by atoms with Gasteiger partial charge in [0.1, 0.15) is 0 Å². The topological polar surface area (TPSA) is 82.1 Å². The summed E-state index contributed by atoms with van der Waals surface area (Å²) in [7, 11) is -3.52. The molecule has 1 aliphatic heterocycles. The minimum Gasteiger partial charge on any atom is -0.292 e. The summed E-state index contributed by atoms with van der Waals surface area (Å²) < 4.78 is 26.9. The Labute approximate surface area is 186 Å². The number of rotatable bonds is 6. The summed E-state index contributed by atoms with van der Waals surface area (Å²) in [5.74, 6) is -0.292. The third-order valence-corrected chi connectivity index (χ3v) is 7.48. The largest absolute Gasteiger partial charge is 0.292 e. The fourth-order valence-electron chi connectivity index (χ4n) is 3.02. The molecule has 0 bridgehead atoms. The Hall–Kier alpha value is -1.97. The molecule has 0 aliphatic carbocycles. The molecule has 30 heavy (non-hydrogen) atoms. The van der Waals surface area contributed by atoms with Gasteiger partial charge in [-0.05, 0) is 25.1 Å². The number of amides is 1. The van der Waals surface area contributed by atoms with Gasteiger partial charge in [0.2, 0.25) is 10.0 Å². The highest BCUT2D eigenvalue weighted by molar-refractivity contribution is 7.89. The van der Waals surface area contributed by atoms with Gasteiger partial charge in [0.05, 0.1) is 27.7 Å². The van der Waals surface area contributed by atoms with Gasteiger partial charge in [-0.2, -0.15) is 9.41 Å². The molecule has 2 aromatic rings. The first-order valence-electron chi connectivity index (χ1n) is 9.32. The zero-order valence-corrected chi connectivity index (χ0v) is 18.7. The number of carbonyl (C=O) groups excluding carboxylic acids is 1. The van der Waals surface area contributed by atoms with Crippen molar-refractivity contribution in [1.82, 2.24) is 14.6 Å². The van der Waals surface area contributed by atoms with Gasteiger partial charge in [0, 0.05) is 31.7 Å². The van der Waals surface area contributed by atoms with Gasteiger partial charge < -0.3 is 0 Å². The first kappa shape index (κ1) is 22.7. The second kappa shape index (κ2) is 9.89. The van der Waals surface area contributed by atoms with Crippen LogP contribution in [0, 0.1) is 6.92 Å². The molecule has 0 unspecified atom stereocenters. The maximum Gasteiger partial charge on any atom is 0.254 e. The first-order chi connectivity index (χ1) is 14.3. The molecule has 1 heterocycles. The number of aryl methyl sites for hydroxylation is 1. The van der Waals surface area contributed by atoms with Gasteiger partial charge >= 0.3 is 0 Å². The first-order valence-corrected chi connectivity index (χ1v) is 11.5. The summed E-state index contributed by atoms with van der Waals surface area (Å²) in [5, 5.41) is 4.68. The van der Waals surface area contributed by atoms with Crippen molar-refractivity contribution in [2.75, 3.05) is 32.7 Å². The summed E-state index contributed by atoms with van der Waals surface area (Å²) in [6.07, 6.45) is 1.43. The normalized spacial score (nSPS) is 16.1. The number of halogens is 2. The van der Waals surface area contributed by atoms with Gasteiger partial charge in [0.15, 0.2) is 0 Å². The molecule has 10 heteroatoms. The van der Waals surface area contributed by atoms with Crippen LogP contribution in [0.15, 0.2) is 52.5 Å². The van der Waals surface area contributed by atoms with Gasteiger partial charge in [-0.1, -0.05) is 53.0 Å². The van der Waals surface area contributed by atoms with Crippen LogP contribution < -0.4 is 5.43 Å². The van der Waals surface area contributed by atoms with Crippen LogP contribution in [0.3, 0.4) is 0 Å². The van der Waals surface area contributed by atoms with Crippen LogP contribution in [0.5, 0.6) is 0 Å². The third kappa shape index (κ3) is 5.59. The maximum absolute atomic E-state index is 12.7. The van der Waals surface area contributed by atoms with Gasteiger partial charge in [0.25, 0.3) is 5.91 Å². The predicted octanol–water partition coefficient (Wildman–Crippen LogP) is 2.76. The highest BCUT2D eigenvalue weighted by Gasteiger charge is 2.28. The summed E-state index contributed by atoms with van der Waals surface area (Å²) in [4.78, 5) is 14.3. The second-order valence-electron chi connectivity index (χ2n) is 6.93. The quantitative estimate of drug-likeness (QED) is 0.521. The predicted molar refractivity (Wildman–Crippen MR) is 119 cm³/mol. The molecule has 1 saturated heterocycles. The molecule has 0 spiro atoms. The summed E-state index contributed by atoms with van der Waals surface area (Å²) in [5.41, 5.74) is 4.05. The number of benzene rings is 2. The molecular weight excluding hydrogens is 447 g/mol. The van der Waals surface area contributed by atoms with E-state index in [1.54, 1.807) is 42.5 Å². The Morgan fingerprint density at radius 3 is 2.43 bits per heavy atom. The Bertz CT molecular complexity index is 1030. The smallest absolute Gasteiger partial charge is 0.254 e. The zero-order valence-electron chi connectivity index (χ0n) is 16.4. The lowest BCUT2D eigenvalue weighted by Crippen LogP contribution is -2.50. The molecule has 1 N–H and O–H groups in total. The van der Waals surface area contributed by atoms with Crippen molar-refractivity contribution in [3.05, 3.63) is 63.6 Å². The summed E-state index contributed by atoms with van der Waals surface area (Å²) >= 11 is 12.0. The van der Waals surface area contributed by atoms with Crippen molar-refractivity contribution in [3.63, 3.8) is 0 Å². The lowest BCUT2D eigenvalue weighted by molar-refractivity contribution is -0.122. The summed E-state index contributed by atoms with van der Waals surface area (Å²) in [6.45, 7) is 3.60. The van der Waals surface area contributed by atoms with Crippen LogP contribution in [-0.2, 0) is 14.8 Å². The molecule has 3 rings (SSSR count). The highest BCUT2D eigenvalue weighted by atomic mass is 35.5. The molecule has 7 nitrogen and oxygen atoms in total. The van der Waals surface area contributed by atoms with Crippen molar-refractivity contribution in [3.8, 4) is 0 Å². The minimum absolute atomic E-state index is 0.124. The Kier molecular flexibility index (Phi) is 7.49. The van der Waals surface area contributed by atoms with E-state index in [2.05, 4.69) is 10.5 Å². The molecular formula is C20H22Cl2N4O3S. The SMILES string of the molecule is Cc1ccc(S(=O)(=O)N2CCN(CC(=O)N/N=C/c3cccc(Cl)c3Cl)CC2)cc1. The fraction of sp³-hybridized carbons (Fsp3) is 0.300. The molecule has 0 aromatic heterocycles. The van der Waals surface area contributed by atoms with Crippen LogP contribution in [0.2, 0.25) is 10.0 Å². The van der Waals surface area contributed by atoms with Crippen LogP contribution >= 0.6 is 23.2 Å². The number of hydrazone groups is 1. The fourth-order valence-corrected chi connectivity index (χ4v) is 4.80. The number of hydrogen-bond acceptors (Lipinski definition) is 5. The zero-order chi connectivity index (χ0) is 21.7. The monoisotopic (exact) mass is 468 g/mol. The average molecular weight is 469 g/mol. The van der Waals surface area contributed by atoms with E-state index in [1.165, 1.54) is 10.5 Å². The van der Waals surface area contributed by atoms with E-state index in [4.69, 9.17) is 23.2 Å². The second-order valence-corrected chi connectivity index (χ2v) is 9.65. The van der Waals surface area contributed by atoms with E-state index >= 15 is 0 Å². The van der Waals surface area contributed by atoms with Crippen molar-refractivity contribution < 1.29 is 13.2 Å². The number of nitrogens with one attached hydrogen (secondary N) is 1. The summed E-state index contributed by atoms with van der Waals surface area (Å²) in [6, 6.07) is 11.9. The van der Waals surface area contributed by atoms with E-state index in [0.717, 1.165) is 5.56 Å². The standard InChI is InChI=1S/C20H22Cl2N4O3S/c1-15-5-7-17(8-6-15)30(28,29)26-11-9-25(10-12-26)14-19(27)24-23-13-16-3-2-4-18(21)20(16)22/h2-8,13H,9-12,14H2,1H3,(H,24,27)/b23-13+.